The van der Waals surface area contributed by atoms with Gasteiger partial charge in [-0.2, -0.15) is 0 Å². The number of carboxylic acid groups (broad SMARTS) is 1. The van der Waals surface area contributed by atoms with Gasteiger partial charge in [0.15, 0.2) is 17.3 Å². The van der Waals surface area contributed by atoms with E-state index in [1.54, 1.807) is 23.5 Å². The molecule has 0 atom stereocenters. The number of aryl methyl sites for hydroxylation is 2. The highest BCUT2D eigenvalue weighted by Gasteiger charge is 2.24. The minimum Gasteiger partial charge on any atom is -0.482 e. The van der Waals surface area contributed by atoms with Crippen molar-refractivity contribution in [3.05, 3.63) is 34.5 Å². The number of carbonyl (C=O) groups excluding carboxylic acids is 1. The standard InChI is InChI=1S/C16H13N3O4S/c1-7-13(15(21)22)19-14(8(2)24-16(19)17-7)9-3-4-11-10(5-9)18-12(20)6-23-11/h3-5H,6H2,1-2H3,(H,18,20)(H,21,22). The molecule has 2 N–H and O–H groups in total. The lowest BCUT2D eigenvalue weighted by Crippen LogP contribution is -2.25. The molecule has 0 radical (unpaired) electrons. The fourth-order valence-electron chi connectivity index (χ4n) is 2.94. The van der Waals surface area contributed by atoms with Gasteiger partial charge in [0.1, 0.15) is 5.75 Å². The van der Waals surface area contributed by atoms with Crippen molar-refractivity contribution in [2.75, 3.05) is 11.9 Å². The van der Waals surface area contributed by atoms with Crippen LogP contribution in [0.5, 0.6) is 5.75 Å². The van der Waals surface area contributed by atoms with E-state index in [0.717, 1.165) is 16.1 Å². The summed E-state index contributed by atoms with van der Waals surface area (Å²) in [5.41, 5.74) is 2.77. The molecule has 0 saturated heterocycles. The molecular formula is C16H13N3O4S. The second-order valence-corrected chi connectivity index (χ2v) is 6.71. The number of imidazole rings is 1. The zero-order chi connectivity index (χ0) is 17.0. The van der Waals surface area contributed by atoms with Crippen LogP contribution >= 0.6 is 11.3 Å². The molecule has 122 valence electrons. The molecule has 0 fully saturated rings. The Balaban J connectivity index is 1.97. The Bertz CT molecular complexity index is 1020. The van der Waals surface area contributed by atoms with Gasteiger partial charge in [-0.1, -0.05) is 0 Å². The van der Waals surface area contributed by atoms with Crippen molar-refractivity contribution in [3.8, 4) is 17.0 Å². The van der Waals surface area contributed by atoms with Gasteiger partial charge in [0.05, 0.1) is 17.1 Å². The number of rotatable bonds is 2. The highest BCUT2D eigenvalue weighted by Crippen LogP contribution is 2.37. The molecule has 0 spiro atoms. The molecule has 1 aromatic carbocycles. The normalized spacial score (nSPS) is 13.5. The summed E-state index contributed by atoms with van der Waals surface area (Å²) in [6.45, 7) is 3.60. The van der Waals surface area contributed by atoms with Crippen LogP contribution in [0.3, 0.4) is 0 Å². The summed E-state index contributed by atoms with van der Waals surface area (Å²) in [6.07, 6.45) is 0. The fraction of sp³-hybridized carbons (Fsp3) is 0.188. The molecule has 0 bridgehead atoms. The van der Waals surface area contributed by atoms with Crippen molar-refractivity contribution in [2.45, 2.75) is 13.8 Å². The summed E-state index contributed by atoms with van der Waals surface area (Å²) >= 11 is 1.43. The van der Waals surface area contributed by atoms with E-state index < -0.39 is 5.97 Å². The quantitative estimate of drug-likeness (QED) is 0.746. The largest absolute Gasteiger partial charge is 0.482 e. The number of nitrogens with one attached hydrogen (secondary N) is 1. The van der Waals surface area contributed by atoms with Crippen LogP contribution in [0.25, 0.3) is 16.2 Å². The van der Waals surface area contributed by atoms with Crippen LogP contribution in [-0.2, 0) is 4.79 Å². The second kappa shape index (κ2) is 5.07. The molecule has 1 amide bonds. The van der Waals surface area contributed by atoms with Crippen LogP contribution in [0.1, 0.15) is 21.1 Å². The molecule has 7 nitrogen and oxygen atoms in total. The van der Waals surface area contributed by atoms with Crippen LogP contribution in [0.2, 0.25) is 0 Å². The molecule has 1 aliphatic rings. The number of aromatic nitrogens is 2. The minimum atomic E-state index is -1.02. The Morgan fingerprint density at radius 2 is 2.21 bits per heavy atom. The van der Waals surface area contributed by atoms with Gasteiger partial charge in [-0.15, -0.1) is 11.3 Å². The number of carboxylic acids is 1. The molecule has 1 aliphatic heterocycles. The molecule has 0 unspecified atom stereocenters. The molecule has 3 heterocycles. The first-order valence-corrected chi connectivity index (χ1v) is 8.06. The van der Waals surface area contributed by atoms with E-state index in [1.807, 2.05) is 13.0 Å². The smallest absolute Gasteiger partial charge is 0.354 e. The Hall–Kier alpha value is -2.87. The van der Waals surface area contributed by atoms with Gasteiger partial charge >= 0.3 is 5.97 Å². The number of hydrogen-bond acceptors (Lipinski definition) is 5. The first kappa shape index (κ1) is 14.7. The Kier molecular flexibility index (Phi) is 3.10. The van der Waals surface area contributed by atoms with Crippen LogP contribution < -0.4 is 10.1 Å². The molecule has 4 rings (SSSR count). The number of benzene rings is 1. The highest BCUT2D eigenvalue weighted by atomic mass is 32.1. The van der Waals surface area contributed by atoms with Crippen LogP contribution in [0.15, 0.2) is 18.2 Å². The molecule has 0 aliphatic carbocycles. The predicted molar refractivity (Wildman–Crippen MR) is 89.1 cm³/mol. The van der Waals surface area contributed by atoms with Gasteiger partial charge in [-0.25, -0.2) is 9.78 Å². The second-order valence-electron chi connectivity index (χ2n) is 5.52. The van der Waals surface area contributed by atoms with Crippen molar-refractivity contribution < 1.29 is 19.4 Å². The highest BCUT2D eigenvalue weighted by molar-refractivity contribution is 7.17. The number of carbonyl (C=O) groups is 2. The zero-order valence-electron chi connectivity index (χ0n) is 12.9. The Labute approximate surface area is 140 Å². The third-order valence-corrected chi connectivity index (χ3v) is 4.87. The summed E-state index contributed by atoms with van der Waals surface area (Å²) in [5.74, 6) is -0.632. The monoisotopic (exact) mass is 343 g/mol. The van der Waals surface area contributed by atoms with Crippen molar-refractivity contribution in [1.29, 1.82) is 0 Å². The number of thiazole rings is 1. The van der Waals surface area contributed by atoms with Gasteiger partial charge in [-0.3, -0.25) is 9.20 Å². The molecular weight excluding hydrogens is 330 g/mol. The summed E-state index contributed by atoms with van der Waals surface area (Å²) in [4.78, 5) is 29.1. The van der Waals surface area contributed by atoms with Gasteiger partial charge in [-0.05, 0) is 32.0 Å². The third kappa shape index (κ3) is 2.07. The molecule has 3 aromatic rings. The average molecular weight is 343 g/mol. The van der Waals surface area contributed by atoms with Crippen molar-refractivity contribution >= 4 is 33.9 Å². The van der Waals surface area contributed by atoms with Crippen molar-refractivity contribution in [1.82, 2.24) is 9.38 Å². The maximum atomic E-state index is 11.6. The Morgan fingerprint density at radius 1 is 1.42 bits per heavy atom. The molecule has 2 aromatic heterocycles. The topological polar surface area (TPSA) is 92.9 Å². The summed E-state index contributed by atoms with van der Waals surface area (Å²) in [6, 6.07) is 5.42. The number of aromatic carboxylic acids is 1. The summed E-state index contributed by atoms with van der Waals surface area (Å²) < 4.78 is 7.03. The third-order valence-electron chi connectivity index (χ3n) is 3.91. The maximum absolute atomic E-state index is 11.6. The number of hydrogen-bond donors (Lipinski definition) is 2. The summed E-state index contributed by atoms with van der Waals surface area (Å²) in [5, 5.41) is 12.3. The molecule has 24 heavy (non-hydrogen) atoms. The molecule has 0 saturated carbocycles. The lowest BCUT2D eigenvalue weighted by molar-refractivity contribution is -0.118. The van der Waals surface area contributed by atoms with E-state index in [1.165, 1.54) is 11.3 Å². The van der Waals surface area contributed by atoms with Gasteiger partial charge in [0, 0.05) is 10.4 Å². The zero-order valence-corrected chi connectivity index (χ0v) is 13.7. The number of fused-ring (bicyclic) bond motifs is 2. The maximum Gasteiger partial charge on any atom is 0.354 e. The van der Waals surface area contributed by atoms with Gasteiger partial charge in [0.2, 0.25) is 0 Å². The number of ether oxygens (including phenoxy) is 1. The number of anilines is 1. The first-order valence-electron chi connectivity index (χ1n) is 7.24. The van der Waals surface area contributed by atoms with E-state index in [0.29, 0.717) is 22.1 Å². The lowest BCUT2D eigenvalue weighted by Gasteiger charge is -2.18. The molecule has 8 heteroatoms. The predicted octanol–water partition coefficient (Wildman–Crippen LogP) is 2.71. The van der Waals surface area contributed by atoms with Crippen LogP contribution in [0, 0.1) is 13.8 Å². The van der Waals surface area contributed by atoms with E-state index in [-0.39, 0.29) is 18.2 Å². The average Bonchev–Trinajstić information content (AvgIpc) is 2.98. The number of amides is 1. The van der Waals surface area contributed by atoms with E-state index in [2.05, 4.69) is 10.3 Å². The fourth-order valence-corrected chi connectivity index (χ4v) is 3.97. The number of nitrogens with zero attached hydrogens (tertiary/aromatic N) is 2. The lowest BCUT2D eigenvalue weighted by atomic mass is 10.1. The summed E-state index contributed by atoms with van der Waals surface area (Å²) in [7, 11) is 0. The van der Waals surface area contributed by atoms with Gasteiger partial charge < -0.3 is 15.2 Å². The van der Waals surface area contributed by atoms with Crippen LogP contribution in [-0.4, -0.2) is 33.0 Å². The first-order chi connectivity index (χ1) is 11.5. The Morgan fingerprint density at radius 3 is 2.96 bits per heavy atom. The van der Waals surface area contributed by atoms with E-state index >= 15 is 0 Å². The van der Waals surface area contributed by atoms with E-state index in [4.69, 9.17) is 4.74 Å². The van der Waals surface area contributed by atoms with Crippen molar-refractivity contribution in [2.24, 2.45) is 0 Å². The SMILES string of the molecule is Cc1nc2sc(C)c(-c3ccc4c(c3)NC(=O)CO4)n2c1C(=O)O. The van der Waals surface area contributed by atoms with E-state index in [9.17, 15) is 14.7 Å². The van der Waals surface area contributed by atoms with Crippen molar-refractivity contribution in [3.63, 3.8) is 0 Å². The van der Waals surface area contributed by atoms with Gasteiger partial charge in [0.25, 0.3) is 5.91 Å². The van der Waals surface area contributed by atoms with Crippen LogP contribution in [0.4, 0.5) is 5.69 Å². The minimum absolute atomic E-state index is 0.00204.